The molecule has 0 saturated carbocycles. The number of likely N-dealkylation sites (tertiary alicyclic amines) is 1. The van der Waals surface area contributed by atoms with Gasteiger partial charge in [0.1, 0.15) is 0 Å². The van der Waals surface area contributed by atoms with E-state index in [4.69, 9.17) is 11.1 Å². The highest BCUT2D eigenvalue weighted by Crippen LogP contribution is 2.20. The zero-order chi connectivity index (χ0) is 11.3. The van der Waals surface area contributed by atoms with Crippen LogP contribution < -0.4 is 5.73 Å². The van der Waals surface area contributed by atoms with Crippen LogP contribution in [0, 0.1) is 11.3 Å². The number of hydrogen-bond donors (Lipinski definition) is 2. The molecule has 15 heavy (non-hydrogen) atoms. The van der Waals surface area contributed by atoms with Crippen LogP contribution >= 0.6 is 0 Å². The molecule has 0 aromatic carbocycles. The first-order chi connectivity index (χ1) is 7.09. The molecule has 1 heterocycles. The van der Waals surface area contributed by atoms with Crippen LogP contribution in [0.3, 0.4) is 0 Å². The maximum absolute atomic E-state index is 7.25. The van der Waals surface area contributed by atoms with Crippen LogP contribution in [0.4, 0.5) is 0 Å². The SMILES string of the molecule is CN1CCC(CCCN(C)C(=N)N)CC1. The molecule has 1 aliphatic rings. The zero-order valence-corrected chi connectivity index (χ0v) is 10.00. The van der Waals surface area contributed by atoms with Gasteiger partial charge in [0.15, 0.2) is 5.96 Å². The smallest absolute Gasteiger partial charge is 0.188 e. The van der Waals surface area contributed by atoms with Crippen molar-refractivity contribution in [2.24, 2.45) is 11.7 Å². The van der Waals surface area contributed by atoms with Gasteiger partial charge in [0.05, 0.1) is 0 Å². The van der Waals surface area contributed by atoms with Gasteiger partial charge in [0.2, 0.25) is 0 Å². The van der Waals surface area contributed by atoms with Gasteiger partial charge in [-0.3, -0.25) is 5.41 Å². The number of piperidine rings is 1. The van der Waals surface area contributed by atoms with Crippen molar-refractivity contribution in [2.75, 3.05) is 33.7 Å². The minimum Gasteiger partial charge on any atom is -0.370 e. The number of nitrogens with zero attached hydrogens (tertiary/aromatic N) is 2. The fourth-order valence-electron chi connectivity index (χ4n) is 2.09. The van der Waals surface area contributed by atoms with E-state index in [1.807, 2.05) is 11.9 Å². The second-order valence-corrected chi connectivity index (χ2v) is 4.70. The van der Waals surface area contributed by atoms with Crippen molar-refractivity contribution in [2.45, 2.75) is 25.7 Å². The zero-order valence-electron chi connectivity index (χ0n) is 10.00. The van der Waals surface area contributed by atoms with E-state index < -0.39 is 0 Å². The van der Waals surface area contributed by atoms with E-state index in [0.29, 0.717) is 0 Å². The Morgan fingerprint density at radius 1 is 1.47 bits per heavy atom. The summed E-state index contributed by atoms with van der Waals surface area (Å²) in [5.74, 6) is 1.07. The minimum atomic E-state index is 0.179. The molecular weight excluding hydrogens is 188 g/mol. The van der Waals surface area contributed by atoms with E-state index in [1.54, 1.807) is 0 Å². The summed E-state index contributed by atoms with van der Waals surface area (Å²) in [5, 5.41) is 7.25. The van der Waals surface area contributed by atoms with E-state index in [-0.39, 0.29) is 5.96 Å². The van der Waals surface area contributed by atoms with Gasteiger partial charge < -0.3 is 15.5 Å². The Labute approximate surface area is 92.9 Å². The fraction of sp³-hybridized carbons (Fsp3) is 0.909. The van der Waals surface area contributed by atoms with E-state index in [1.165, 1.54) is 32.4 Å². The first kappa shape index (κ1) is 12.3. The molecule has 0 unspecified atom stereocenters. The van der Waals surface area contributed by atoms with Crippen molar-refractivity contribution in [1.82, 2.24) is 9.80 Å². The average Bonchev–Trinajstić information content (AvgIpc) is 2.20. The summed E-state index contributed by atoms with van der Waals surface area (Å²) in [4.78, 5) is 4.22. The lowest BCUT2D eigenvalue weighted by Gasteiger charge is -2.29. The van der Waals surface area contributed by atoms with Crippen LogP contribution in [-0.2, 0) is 0 Å². The van der Waals surface area contributed by atoms with Crippen LogP contribution in [0.5, 0.6) is 0 Å². The summed E-state index contributed by atoms with van der Waals surface area (Å²) < 4.78 is 0. The first-order valence-electron chi connectivity index (χ1n) is 5.83. The Morgan fingerprint density at radius 2 is 2.07 bits per heavy atom. The van der Waals surface area contributed by atoms with Crippen molar-refractivity contribution in [1.29, 1.82) is 5.41 Å². The Hall–Kier alpha value is -0.770. The molecule has 0 aromatic heterocycles. The summed E-state index contributed by atoms with van der Waals surface area (Å²) in [6.07, 6.45) is 5.11. The maximum atomic E-state index is 7.25. The molecule has 0 aromatic rings. The van der Waals surface area contributed by atoms with Crippen LogP contribution in [0.1, 0.15) is 25.7 Å². The highest BCUT2D eigenvalue weighted by molar-refractivity contribution is 5.74. The van der Waals surface area contributed by atoms with Crippen molar-refractivity contribution >= 4 is 5.96 Å². The van der Waals surface area contributed by atoms with Crippen molar-refractivity contribution in [3.05, 3.63) is 0 Å². The predicted molar refractivity (Wildman–Crippen MR) is 64.0 cm³/mol. The molecule has 1 fully saturated rings. The molecule has 4 heteroatoms. The molecule has 1 saturated heterocycles. The van der Waals surface area contributed by atoms with Crippen LogP contribution in [-0.4, -0.2) is 49.5 Å². The third-order valence-corrected chi connectivity index (χ3v) is 3.36. The molecule has 4 nitrogen and oxygen atoms in total. The average molecular weight is 212 g/mol. The second kappa shape index (κ2) is 5.95. The molecular formula is C11H24N4. The van der Waals surface area contributed by atoms with Crippen LogP contribution in [0.15, 0.2) is 0 Å². The summed E-state index contributed by atoms with van der Waals surface area (Å²) >= 11 is 0. The Kier molecular flexibility index (Phi) is 4.88. The van der Waals surface area contributed by atoms with Crippen molar-refractivity contribution in [3.8, 4) is 0 Å². The molecule has 0 spiro atoms. The standard InChI is InChI=1S/C11H24N4/c1-14-8-5-10(6-9-14)4-3-7-15(2)11(12)13/h10H,3-9H2,1-2H3,(H3,12,13). The number of guanidine groups is 1. The fourth-order valence-corrected chi connectivity index (χ4v) is 2.09. The van der Waals surface area contributed by atoms with Gasteiger partial charge in [0, 0.05) is 13.6 Å². The third kappa shape index (κ3) is 4.51. The van der Waals surface area contributed by atoms with E-state index in [2.05, 4.69) is 11.9 Å². The van der Waals surface area contributed by atoms with Gasteiger partial charge in [-0.1, -0.05) is 0 Å². The number of rotatable bonds is 4. The molecule has 0 bridgehead atoms. The second-order valence-electron chi connectivity index (χ2n) is 4.70. The van der Waals surface area contributed by atoms with E-state index in [9.17, 15) is 0 Å². The van der Waals surface area contributed by atoms with E-state index >= 15 is 0 Å². The van der Waals surface area contributed by atoms with Gasteiger partial charge >= 0.3 is 0 Å². The van der Waals surface area contributed by atoms with Crippen molar-refractivity contribution < 1.29 is 0 Å². The summed E-state index contributed by atoms with van der Waals surface area (Å²) in [6.45, 7) is 3.40. The number of hydrogen-bond acceptors (Lipinski definition) is 2. The summed E-state index contributed by atoms with van der Waals surface area (Å²) in [6, 6.07) is 0. The van der Waals surface area contributed by atoms with Gasteiger partial charge in [-0.15, -0.1) is 0 Å². The molecule has 0 radical (unpaired) electrons. The first-order valence-corrected chi connectivity index (χ1v) is 5.83. The number of nitrogens with one attached hydrogen (secondary N) is 1. The highest BCUT2D eigenvalue weighted by Gasteiger charge is 2.16. The van der Waals surface area contributed by atoms with Gasteiger partial charge in [-0.25, -0.2) is 0 Å². The summed E-state index contributed by atoms with van der Waals surface area (Å²) in [7, 11) is 4.08. The quantitative estimate of drug-likeness (QED) is 0.538. The number of nitrogens with two attached hydrogens (primary N) is 1. The molecule has 1 aliphatic heterocycles. The third-order valence-electron chi connectivity index (χ3n) is 3.36. The largest absolute Gasteiger partial charge is 0.370 e. The topological polar surface area (TPSA) is 56.4 Å². The maximum Gasteiger partial charge on any atom is 0.188 e. The van der Waals surface area contributed by atoms with Gasteiger partial charge in [-0.2, -0.15) is 0 Å². The normalized spacial score (nSPS) is 19.1. The summed E-state index contributed by atoms with van der Waals surface area (Å²) in [5.41, 5.74) is 5.38. The predicted octanol–water partition coefficient (Wildman–Crippen LogP) is 0.934. The Balaban J connectivity index is 2.07. The lowest BCUT2D eigenvalue weighted by Crippen LogP contribution is -2.34. The lowest BCUT2D eigenvalue weighted by molar-refractivity contribution is 0.208. The van der Waals surface area contributed by atoms with Crippen molar-refractivity contribution in [3.63, 3.8) is 0 Å². The molecule has 0 aliphatic carbocycles. The molecule has 88 valence electrons. The molecule has 0 amide bonds. The van der Waals surface area contributed by atoms with Gasteiger partial charge in [0.25, 0.3) is 0 Å². The lowest BCUT2D eigenvalue weighted by atomic mass is 9.92. The van der Waals surface area contributed by atoms with Crippen LogP contribution in [0.2, 0.25) is 0 Å². The monoisotopic (exact) mass is 212 g/mol. The van der Waals surface area contributed by atoms with Gasteiger partial charge in [-0.05, 0) is 51.7 Å². The van der Waals surface area contributed by atoms with Crippen LogP contribution in [0.25, 0.3) is 0 Å². The molecule has 3 N–H and O–H groups in total. The molecule has 1 rings (SSSR count). The molecule has 0 atom stereocenters. The highest BCUT2D eigenvalue weighted by atomic mass is 15.2. The Morgan fingerprint density at radius 3 is 2.60 bits per heavy atom. The Bertz CT molecular complexity index is 197. The van der Waals surface area contributed by atoms with E-state index in [0.717, 1.165) is 18.9 Å². The minimum absolute atomic E-state index is 0.179.